The second-order valence-electron chi connectivity index (χ2n) is 4.27. The lowest BCUT2D eigenvalue weighted by Gasteiger charge is -2.29. The van der Waals surface area contributed by atoms with E-state index < -0.39 is 12.1 Å². The maximum atomic E-state index is 11.7. The summed E-state index contributed by atoms with van der Waals surface area (Å²) in [6.07, 6.45) is 3.69. The first-order valence-electron chi connectivity index (χ1n) is 5.48. The highest BCUT2D eigenvalue weighted by Crippen LogP contribution is 2.21. The van der Waals surface area contributed by atoms with Crippen molar-refractivity contribution in [2.75, 3.05) is 6.54 Å². The zero-order valence-corrected chi connectivity index (χ0v) is 8.61. The lowest BCUT2D eigenvalue weighted by atomic mass is 9.93. The van der Waals surface area contributed by atoms with Gasteiger partial charge in [-0.1, -0.05) is 0 Å². The van der Waals surface area contributed by atoms with Crippen LogP contribution in [0.5, 0.6) is 0 Å². The van der Waals surface area contributed by atoms with E-state index >= 15 is 0 Å². The van der Waals surface area contributed by atoms with Crippen molar-refractivity contribution in [3.8, 4) is 0 Å². The van der Waals surface area contributed by atoms with Crippen molar-refractivity contribution in [2.45, 2.75) is 44.2 Å². The summed E-state index contributed by atoms with van der Waals surface area (Å²) in [7, 11) is 0. The number of carbonyl (C=O) groups excluding carboxylic acids is 1. The van der Waals surface area contributed by atoms with Crippen LogP contribution in [0.4, 0.5) is 4.79 Å². The van der Waals surface area contributed by atoms with Crippen LogP contribution in [0.15, 0.2) is 0 Å². The molecule has 2 N–H and O–H groups in total. The minimum atomic E-state index is -0.985. The fraction of sp³-hybridized carbons (Fsp3) is 0.800. The Balaban J connectivity index is 1.90. The van der Waals surface area contributed by atoms with E-state index in [2.05, 4.69) is 5.32 Å². The lowest BCUT2D eigenvalue weighted by molar-refractivity contribution is -0.126. The molecule has 2 rings (SSSR count). The Morgan fingerprint density at radius 2 is 1.93 bits per heavy atom. The van der Waals surface area contributed by atoms with Gasteiger partial charge in [-0.2, -0.15) is 0 Å². The number of carboxylic acid groups (broad SMARTS) is 1. The minimum Gasteiger partial charge on any atom is -0.465 e. The van der Waals surface area contributed by atoms with Crippen molar-refractivity contribution < 1.29 is 14.7 Å². The summed E-state index contributed by atoms with van der Waals surface area (Å²) in [4.78, 5) is 23.8. The Morgan fingerprint density at radius 1 is 1.20 bits per heavy atom. The molecule has 1 heterocycles. The summed E-state index contributed by atoms with van der Waals surface area (Å²) in [5.74, 6) is -0.111. The van der Waals surface area contributed by atoms with Gasteiger partial charge in [0, 0.05) is 12.6 Å². The van der Waals surface area contributed by atoms with Crippen molar-refractivity contribution in [3.05, 3.63) is 0 Å². The molecule has 1 saturated carbocycles. The first-order chi connectivity index (χ1) is 7.18. The van der Waals surface area contributed by atoms with Crippen LogP contribution in [0.25, 0.3) is 0 Å². The van der Waals surface area contributed by atoms with Gasteiger partial charge in [-0.3, -0.25) is 9.69 Å². The average molecular weight is 212 g/mol. The minimum absolute atomic E-state index is 0.111. The average Bonchev–Trinajstić information content (AvgIpc) is 2.59. The Bertz CT molecular complexity index is 276. The Labute approximate surface area is 88.4 Å². The highest BCUT2D eigenvalue weighted by atomic mass is 16.4. The third-order valence-corrected chi connectivity index (χ3v) is 3.25. The van der Waals surface area contributed by atoms with Gasteiger partial charge in [-0.25, -0.2) is 4.79 Å². The summed E-state index contributed by atoms with van der Waals surface area (Å²) in [6.45, 7) is 0.484. The maximum absolute atomic E-state index is 11.7. The van der Waals surface area contributed by atoms with E-state index in [1.807, 2.05) is 0 Å². The number of nitrogens with zero attached hydrogens (tertiary/aromatic N) is 1. The standard InChI is InChI=1S/C10H16N2O3/c13-9(11-7-3-1-4-7)8-5-2-6-12(8)10(14)15/h7-8H,1-6H2,(H,11,13)(H,14,15)/t8-/m0/s1. The van der Waals surface area contributed by atoms with Crippen LogP contribution in [0.1, 0.15) is 32.1 Å². The predicted octanol–water partition coefficient (Wildman–Crippen LogP) is 0.797. The molecule has 0 bridgehead atoms. The summed E-state index contributed by atoms with van der Waals surface area (Å²) in [6, 6.07) is -0.170. The van der Waals surface area contributed by atoms with Crippen molar-refractivity contribution in [2.24, 2.45) is 0 Å². The fourth-order valence-electron chi connectivity index (χ4n) is 2.12. The van der Waals surface area contributed by atoms with Crippen molar-refractivity contribution in [1.82, 2.24) is 10.2 Å². The highest BCUT2D eigenvalue weighted by molar-refractivity contribution is 5.86. The van der Waals surface area contributed by atoms with Crippen molar-refractivity contribution >= 4 is 12.0 Å². The summed E-state index contributed by atoms with van der Waals surface area (Å²) in [5, 5.41) is 11.8. The first-order valence-corrected chi connectivity index (χ1v) is 5.48. The molecule has 5 nitrogen and oxygen atoms in total. The molecule has 1 saturated heterocycles. The van der Waals surface area contributed by atoms with Gasteiger partial charge in [-0.15, -0.1) is 0 Å². The molecular formula is C10H16N2O3. The zero-order valence-electron chi connectivity index (χ0n) is 8.61. The molecule has 0 radical (unpaired) electrons. The van der Waals surface area contributed by atoms with E-state index in [1.165, 1.54) is 4.90 Å². The van der Waals surface area contributed by atoms with Gasteiger partial charge in [-0.05, 0) is 32.1 Å². The lowest BCUT2D eigenvalue weighted by Crippen LogP contribution is -2.50. The molecular weight excluding hydrogens is 196 g/mol. The number of amides is 2. The molecule has 0 unspecified atom stereocenters. The number of carbonyl (C=O) groups is 2. The SMILES string of the molecule is O=C(NC1CCC1)[C@@H]1CCCN1C(=O)O. The normalized spacial score (nSPS) is 26.1. The number of rotatable bonds is 2. The van der Waals surface area contributed by atoms with Gasteiger partial charge < -0.3 is 10.4 Å². The summed E-state index contributed by atoms with van der Waals surface area (Å²) in [5.41, 5.74) is 0. The molecule has 0 spiro atoms. The Hall–Kier alpha value is -1.26. The van der Waals surface area contributed by atoms with Crippen LogP contribution in [-0.2, 0) is 4.79 Å². The first kappa shape index (κ1) is 10.3. The van der Waals surface area contributed by atoms with Crippen molar-refractivity contribution in [3.63, 3.8) is 0 Å². The van der Waals surface area contributed by atoms with E-state index in [4.69, 9.17) is 5.11 Å². The van der Waals surface area contributed by atoms with E-state index in [0.717, 1.165) is 25.7 Å². The molecule has 2 fully saturated rings. The number of hydrogen-bond acceptors (Lipinski definition) is 2. The molecule has 0 aromatic carbocycles. The Kier molecular flexibility index (Phi) is 2.79. The zero-order chi connectivity index (χ0) is 10.8. The third-order valence-electron chi connectivity index (χ3n) is 3.25. The monoisotopic (exact) mass is 212 g/mol. The second-order valence-corrected chi connectivity index (χ2v) is 4.27. The van der Waals surface area contributed by atoms with Gasteiger partial charge >= 0.3 is 6.09 Å². The largest absolute Gasteiger partial charge is 0.465 e. The third kappa shape index (κ3) is 2.06. The molecule has 15 heavy (non-hydrogen) atoms. The molecule has 1 aliphatic heterocycles. The quantitative estimate of drug-likeness (QED) is 0.711. The van der Waals surface area contributed by atoms with Crippen LogP contribution in [0, 0.1) is 0 Å². The van der Waals surface area contributed by atoms with Crippen LogP contribution in [0.3, 0.4) is 0 Å². The molecule has 1 aliphatic carbocycles. The maximum Gasteiger partial charge on any atom is 0.407 e. The van der Waals surface area contributed by atoms with E-state index in [-0.39, 0.29) is 11.9 Å². The van der Waals surface area contributed by atoms with Crippen LogP contribution >= 0.6 is 0 Å². The number of hydrogen-bond donors (Lipinski definition) is 2. The highest BCUT2D eigenvalue weighted by Gasteiger charge is 2.35. The molecule has 84 valence electrons. The molecule has 0 aromatic heterocycles. The van der Waals surface area contributed by atoms with E-state index in [1.54, 1.807) is 0 Å². The van der Waals surface area contributed by atoms with Gasteiger partial charge in [0.15, 0.2) is 0 Å². The van der Waals surface area contributed by atoms with Crippen LogP contribution in [0.2, 0.25) is 0 Å². The fourth-order valence-corrected chi connectivity index (χ4v) is 2.12. The molecule has 2 aliphatic rings. The molecule has 1 atom stereocenters. The Morgan fingerprint density at radius 3 is 2.47 bits per heavy atom. The van der Waals surface area contributed by atoms with Gasteiger partial charge in [0.1, 0.15) is 6.04 Å². The summed E-state index contributed by atoms with van der Waals surface area (Å²) >= 11 is 0. The van der Waals surface area contributed by atoms with Gasteiger partial charge in [0.25, 0.3) is 0 Å². The van der Waals surface area contributed by atoms with E-state index in [9.17, 15) is 9.59 Å². The topological polar surface area (TPSA) is 69.6 Å². The predicted molar refractivity (Wildman–Crippen MR) is 53.5 cm³/mol. The molecule has 5 heteroatoms. The van der Waals surface area contributed by atoms with Gasteiger partial charge in [0.05, 0.1) is 0 Å². The molecule has 0 aromatic rings. The molecule has 2 amide bonds. The smallest absolute Gasteiger partial charge is 0.407 e. The summed E-state index contributed by atoms with van der Waals surface area (Å²) < 4.78 is 0. The van der Waals surface area contributed by atoms with Gasteiger partial charge in [0.2, 0.25) is 5.91 Å². The second kappa shape index (κ2) is 4.08. The van der Waals surface area contributed by atoms with Crippen molar-refractivity contribution in [1.29, 1.82) is 0 Å². The van der Waals surface area contributed by atoms with E-state index in [0.29, 0.717) is 13.0 Å². The van der Waals surface area contributed by atoms with Crippen LogP contribution in [-0.4, -0.2) is 40.6 Å². The number of nitrogens with one attached hydrogen (secondary N) is 1. The van der Waals surface area contributed by atoms with Crippen LogP contribution < -0.4 is 5.32 Å². The number of likely N-dealkylation sites (tertiary alicyclic amines) is 1.